The van der Waals surface area contributed by atoms with Crippen molar-refractivity contribution < 1.29 is 23.1 Å². The standard InChI is InChI=1S/C29H23F3N2O2/c1-20-7-9-21(10-8-20)13-14-28(36,19-27(15-16-27)23-5-3-2-4-6-23)26(35)34-24-12-11-22(18-33)25(17-24)29(30,31)32/h2-12,17,36H,15-16,19H2,1H3,(H,34,35). The van der Waals surface area contributed by atoms with Crippen molar-refractivity contribution in [2.45, 2.75) is 43.4 Å². The maximum absolute atomic E-state index is 13.4. The maximum Gasteiger partial charge on any atom is 0.417 e. The summed E-state index contributed by atoms with van der Waals surface area (Å²) in [7, 11) is 0. The fourth-order valence-electron chi connectivity index (χ4n) is 4.18. The van der Waals surface area contributed by atoms with Crippen molar-refractivity contribution >= 4 is 11.6 Å². The van der Waals surface area contributed by atoms with Crippen molar-refractivity contribution in [1.82, 2.24) is 0 Å². The summed E-state index contributed by atoms with van der Waals surface area (Å²) in [6, 6.07) is 21.1. The van der Waals surface area contributed by atoms with Gasteiger partial charge in [0, 0.05) is 17.7 Å². The van der Waals surface area contributed by atoms with Gasteiger partial charge in [0.15, 0.2) is 0 Å². The SMILES string of the molecule is Cc1ccc(C#CC(O)(CC2(c3ccccc3)CC2)C(=O)Nc2ccc(C#N)c(C(F)(F)F)c2)cc1. The molecule has 0 aliphatic heterocycles. The van der Waals surface area contributed by atoms with Crippen LogP contribution in [0.1, 0.15) is 47.1 Å². The van der Waals surface area contributed by atoms with Gasteiger partial charge in [0.2, 0.25) is 5.60 Å². The number of hydrogen-bond donors (Lipinski definition) is 2. The molecule has 182 valence electrons. The summed E-state index contributed by atoms with van der Waals surface area (Å²) in [5.74, 6) is 4.63. The van der Waals surface area contributed by atoms with E-state index in [1.807, 2.05) is 49.4 Å². The monoisotopic (exact) mass is 488 g/mol. The number of amides is 1. The number of aryl methyl sites for hydroxylation is 1. The van der Waals surface area contributed by atoms with Gasteiger partial charge in [-0.1, -0.05) is 59.9 Å². The van der Waals surface area contributed by atoms with Gasteiger partial charge in [-0.15, -0.1) is 0 Å². The molecule has 1 atom stereocenters. The lowest BCUT2D eigenvalue weighted by Crippen LogP contribution is -2.44. The molecule has 0 saturated heterocycles. The van der Waals surface area contributed by atoms with E-state index in [-0.39, 0.29) is 12.1 Å². The molecule has 0 heterocycles. The predicted octanol–water partition coefficient (Wildman–Crippen LogP) is 5.73. The summed E-state index contributed by atoms with van der Waals surface area (Å²) in [4.78, 5) is 13.4. The second-order valence-electron chi connectivity index (χ2n) is 9.12. The van der Waals surface area contributed by atoms with Gasteiger partial charge < -0.3 is 10.4 Å². The molecule has 7 heteroatoms. The third-order valence-corrected chi connectivity index (χ3v) is 6.38. The van der Waals surface area contributed by atoms with Gasteiger partial charge in [-0.3, -0.25) is 4.79 Å². The Balaban J connectivity index is 1.69. The second-order valence-corrected chi connectivity index (χ2v) is 9.12. The lowest BCUT2D eigenvalue weighted by atomic mass is 9.82. The Hall–Kier alpha value is -4.07. The van der Waals surface area contributed by atoms with Crippen LogP contribution in [0, 0.1) is 30.1 Å². The summed E-state index contributed by atoms with van der Waals surface area (Å²) in [5, 5.41) is 23.0. The van der Waals surface area contributed by atoms with E-state index in [1.165, 1.54) is 12.1 Å². The van der Waals surface area contributed by atoms with Crippen molar-refractivity contribution in [2.75, 3.05) is 5.32 Å². The predicted molar refractivity (Wildman–Crippen MR) is 130 cm³/mol. The van der Waals surface area contributed by atoms with Gasteiger partial charge in [-0.25, -0.2) is 0 Å². The maximum atomic E-state index is 13.4. The summed E-state index contributed by atoms with van der Waals surface area (Å²) in [5.41, 5.74) is -1.97. The van der Waals surface area contributed by atoms with E-state index in [9.17, 15) is 23.1 Å². The van der Waals surface area contributed by atoms with E-state index < -0.39 is 34.2 Å². The van der Waals surface area contributed by atoms with Crippen molar-refractivity contribution in [3.05, 3.63) is 101 Å². The van der Waals surface area contributed by atoms with Crippen LogP contribution in [0.3, 0.4) is 0 Å². The van der Waals surface area contributed by atoms with E-state index in [0.717, 1.165) is 30.0 Å². The zero-order valence-electron chi connectivity index (χ0n) is 19.5. The van der Waals surface area contributed by atoms with Crippen LogP contribution >= 0.6 is 0 Å². The van der Waals surface area contributed by atoms with Gasteiger partial charge in [0.05, 0.1) is 17.2 Å². The molecule has 1 aliphatic rings. The first-order valence-electron chi connectivity index (χ1n) is 11.4. The van der Waals surface area contributed by atoms with E-state index in [1.54, 1.807) is 12.1 Å². The number of rotatable bonds is 5. The highest BCUT2D eigenvalue weighted by molar-refractivity contribution is 6.00. The number of carbonyl (C=O) groups is 1. The lowest BCUT2D eigenvalue weighted by molar-refractivity contribution is -0.137. The largest absolute Gasteiger partial charge is 0.417 e. The fourth-order valence-corrected chi connectivity index (χ4v) is 4.18. The normalized spacial score (nSPS) is 15.6. The number of nitrogens with one attached hydrogen (secondary N) is 1. The van der Waals surface area contributed by atoms with Gasteiger partial charge >= 0.3 is 6.18 Å². The van der Waals surface area contributed by atoms with Crippen molar-refractivity contribution in [1.29, 1.82) is 5.26 Å². The van der Waals surface area contributed by atoms with Crippen LogP contribution in [0.25, 0.3) is 0 Å². The molecule has 1 amide bonds. The number of alkyl halides is 3. The van der Waals surface area contributed by atoms with E-state index in [2.05, 4.69) is 17.2 Å². The number of halogens is 3. The first kappa shape index (κ1) is 25.0. The molecule has 0 radical (unpaired) electrons. The fraction of sp³-hybridized carbons (Fsp3) is 0.241. The molecule has 4 nitrogen and oxygen atoms in total. The van der Waals surface area contributed by atoms with Gasteiger partial charge in [-0.05, 0) is 61.1 Å². The Kier molecular flexibility index (Phi) is 6.63. The lowest BCUT2D eigenvalue weighted by Gasteiger charge is -2.27. The number of aliphatic hydroxyl groups is 1. The molecule has 2 N–H and O–H groups in total. The Morgan fingerprint density at radius 1 is 1.06 bits per heavy atom. The highest BCUT2D eigenvalue weighted by Gasteiger charge is 2.52. The smallest absolute Gasteiger partial charge is 0.369 e. The van der Waals surface area contributed by atoms with Gasteiger partial charge in [0.25, 0.3) is 5.91 Å². The Bertz CT molecular complexity index is 1380. The minimum Gasteiger partial charge on any atom is -0.369 e. The quantitative estimate of drug-likeness (QED) is 0.451. The zero-order valence-corrected chi connectivity index (χ0v) is 19.5. The van der Waals surface area contributed by atoms with Crippen molar-refractivity contribution in [3.8, 4) is 17.9 Å². The molecule has 0 aromatic heterocycles. The van der Waals surface area contributed by atoms with Crippen LogP contribution in [0.2, 0.25) is 0 Å². The number of nitrogens with zero attached hydrogens (tertiary/aromatic N) is 1. The molecular formula is C29H23F3N2O2. The van der Waals surface area contributed by atoms with Crippen molar-refractivity contribution in [3.63, 3.8) is 0 Å². The molecule has 1 aliphatic carbocycles. The Labute approximate surface area is 207 Å². The number of nitriles is 1. The molecule has 3 aromatic rings. The second kappa shape index (κ2) is 9.53. The number of anilines is 1. The number of carbonyl (C=O) groups excluding carboxylic acids is 1. The summed E-state index contributed by atoms with van der Waals surface area (Å²) >= 11 is 0. The molecule has 3 aromatic carbocycles. The van der Waals surface area contributed by atoms with Gasteiger partial charge in [-0.2, -0.15) is 18.4 Å². The first-order chi connectivity index (χ1) is 17.0. The minimum absolute atomic E-state index is 0.0168. The van der Waals surface area contributed by atoms with Crippen LogP contribution in [0.15, 0.2) is 72.8 Å². The first-order valence-corrected chi connectivity index (χ1v) is 11.4. The molecule has 36 heavy (non-hydrogen) atoms. The van der Waals surface area contributed by atoms with E-state index >= 15 is 0 Å². The highest BCUT2D eigenvalue weighted by atomic mass is 19.4. The molecule has 1 fully saturated rings. The van der Waals surface area contributed by atoms with Gasteiger partial charge in [0.1, 0.15) is 0 Å². The zero-order chi connectivity index (χ0) is 26.0. The minimum atomic E-state index is -4.78. The van der Waals surface area contributed by atoms with E-state index in [4.69, 9.17) is 5.26 Å². The van der Waals surface area contributed by atoms with Crippen LogP contribution in [0.4, 0.5) is 18.9 Å². The van der Waals surface area contributed by atoms with Crippen LogP contribution < -0.4 is 5.32 Å². The average molecular weight is 489 g/mol. The summed E-state index contributed by atoms with van der Waals surface area (Å²) in [6.45, 7) is 1.92. The van der Waals surface area contributed by atoms with E-state index in [0.29, 0.717) is 11.6 Å². The molecule has 4 rings (SSSR count). The summed E-state index contributed by atoms with van der Waals surface area (Å²) in [6.07, 6.45) is -3.31. The number of benzene rings is 3. The summed E-state index contributed by atoms with van der Waals surface area (Å²) < 4.78 is 40.2. The Morgan fingerprint density at radius 3 is 2.31 bits per heavy atom. The van der Waals surface area contributed by atoms with Crippen LogP contribution in [-0.2, 0) is 16.4 Å². The third-order valence-electron chi connectivity index (χ3n) is 6.38. The molecule has 0 spiro atoms. The molecular weight excluding hydrogens is 465 g/mol. The molecule has 1 saturated carbocycles. The van der Waals surface area contributed by atoms with Crippen molar-refractivity contribution in [2.24, 2.45) is 0 Å². The topological polar surface area (TPSA) is 73.1 Å². The van der Waals surface area contributed by atoms with Crippen LogP contribution in [0.5, 0.6) is 0 Å². The average Bonchev–Trinajstić information content (AvgIpc) is 3.64. The van der Waals surface area contributed by atoms with Crippen LogP contribution in [-0.4, -0.2) is 16.6 Å². The third kappa shape index (κ3) is 5.43. The highest BCUT2D eigenvalue weighted by Crippen LogP contribution is 2.53. The number of hydrogen-bond acceptors (Lipinski definition) is 3. The molecule has 0 bridgehead atoms. The molecule has 1 unspecified atom stereocenters. The Morgan fingerprint density at radius 2 is 1.72 bits per heavy atom.